The molecule has 3 rings (SSSR count). The van der Waals surface area contributed by atoms with Crippen LogP contribution < -0.4 is 10.6 Å². The monoisotopic (exact) mass is 353 g/mol. The van der Waals surface area contributed by atoms with Crippen LogP contribution in [0, 0.1) is 5.82 Å². The largest absolute Gasteiger partial charge is 0.478 e. The lowest BCUT2D eigenvalue weighted by Crippen LogP contribution is -2.13. The van der Waals surface area contributed by atoms with Gasteiger partial charge in [0.05, 0.1) is 6.20 Å². The van der Waals surface area contributed by atoms with Crippen LogP contribution in [-0.4, -0.2) is 26.0 Å². The van der Waals surface area contributed by atoms with Crippen LogP contribution in [-0.2, 0) is 0 Å². The molecule has 1 aromatic carbocycles. The number of carboxylic acids is 1. The van der Waals surface area contributed by atoms with Gasteiger partial charge in [-0.1, -0.05) is 12.1 Å². The van der Waals surface area contributed by atoms with Crippen molar-refractivity contribution in [1.82, 2.24) is 15.0 Å². The number of benzene rings is 1. The number of nitrogens with one attached hydrogen (secondary N) is 2. The minimum Gasteiger partial charge on any atom is -0.478 e. The quantitative estimate of drug-likeness (QED) is 0.622. The Hall–Kier alpha value is -3.55. The van der Waals surface area contributed by atoms with Crippen LogP contribution in [0.3, 0.4) is 0 Å². The van der Waals surface area contributed by atoms with Gasteiger partial charge in [0.1, 0.15) is 28.8 Å². The maximum atomic E-state index is 13.1. The number of anilines is 3. The minimum absolute atomic E-state index is 0.0312. The summed E-state index contributed by atoms with van der Waals surface area (Å²) in [5, 5.41) is 15.4. The molecular weight excluding hydrogens is 337 g/mol. The number of aromatic nitrogens is 3. The number of halogens is 1. The van der Waals surface area contributed by atoms with E-state index in [9.17, 15) is 14.3 Å². The van der Waals surface area contributed by atoms with Crippen molar-refractivity contribution >= 4 is 23.4 Å². The second-order valence-corrected chi connectivity index (χ2v) is 5.53. The first-order valence-electron chi connectivity index (χ1n) is 7.82. The van der Waals surface area contributed by atoms with Crippen LogP contribution in [0.5, 0.6) is 0 Å². The third-order valence-corrected chi connectivity index (χ3v) is 3.67. The van der Waals surface area contributed by atoms with Gasteiger partial charge >= 0.3 is 5.97 Å². The smallest absolute Gasteiger partial charge is 0.339 e. The second kappa shape index (κ2) is 7.56. The number of carboxylic acid groups (broad SMARTS) is 1. The number of pyridine rings is 1. The Labute approximate surface area is 149 Å². The first-order chi connectivity index (χ1) is 12.5. The zero-order chi connectivity index (χ0) is 18.5. The maximum absolute atomic E-state index is 13.1. The third-order valence-electron chi connectivity index (χ3n) is 3.67. The average Bonchev–Trinajstić information content (AvgIpc) is 2.63. The van der Waals surface area contributed by atoms with Gasteiger partial charge < -0.3 is 15.7 Å². The Morgan fingerprint density at radius 2 is 1.88 bits per heavy atom. The summed E-state index contributed by atoms with van der Waals surface area (Å²) in [7, 11) is 0. The van der Waals surface area contributed by atoms with E-state index in [4.69, 9.17) is 0 Å². The summed E-state index contributed by atoms with van der Waals surface area (Å²) in [5.74, 6) is -0.328. The molecule has 0 saturated heterocycles. The molecule has 0 aliphatic carbocycles. The van der Waals surface area contributed by atoms with Crippen molar-refractivity contribution in [2.45, 2.75) is 13.0 Å². The Bertz CT molecular complexity index is 903. The van der Waals surface area contributed by atoms with E-state index in [1.807, 2.05) is 6.92 Å². The summed E-state index contributed by atoms with van der Waals surface area (Å²) < 4.78 is 13.1. The van der Waals surface area contributed by atoms with Gasteiger partial charge in [-0.3, -0.25) is 4.98 Å². The van der Waals surface area contributed by atoms with Gasteiger partial charge in [-0.25, -0.2) is 19.2 Å². The lowest BCUT2D eigenvalue weighted by atomic mass is 10.1. The summed E-state index contributed by atoms with van der Waals surface area (Å²) in [4.78, 5) is 23.9. The van der Waals surface area contributed by atoms with Gasteiger partial charge in [0.25, 0.3) is 0 Å². The molecule has 0 radical (unpaired) electrons. The fourth-order valence-corrected chi connectivity index (χ4v) is 2.35. The van der Waals surface area contributed by atoms with E-state index in [1.54, 1.807) is 24.4 Å². The van der Waals surface area contributed by atoms with Crippen molar-refractivity contribution in [2.75, 3.05) is 10.6 Å². The van der Waals surface area contributed by atoms with Crippen molar-refractivity contribution in [1.29, 1.82) is 0 Å². The summed E-state index contributed by atoms with van der Waals surface area (Å²) in [6.45, 7) is 1.84. The molecule has 0 fully saturated rings. The molecule has 7 nitrogen and oxygen atoms in total. The molecule has 3 N–H and O–H groups in total. The number of nitrogens with zero attached hydrogens (tertiary/aromatic N) is 3. The lowest BCUT2D eigenvalue weighted by molar-refractivity contribution is 0.0697. The van der Waals surface area contributed by atoms with Gasteiger partial charge in [0, 0.05) is 18.4 Å². The zero-order valence-corrected chi connectivity index (χ0v) is 13.8. The van der Waals surface area contributed by atoms with Gasteiger partial charge in [-0.2, -0.15) is 0 Å². The van der Waals surface area contributed by atoms with E-state index in [0.717, 1.165) is 5.56 Å². The highest BCUT2D eigenvalue weighted by molar-refractivity contribution is 5.93. The maximum Gasteiger partial charge on any atom is 0.339 e. The fourth-order valence-electron chi connectivity index (χ4n) is 2.35. The van der Waals surface area contributed by atoms with Gasteiger partial charge in [0.15, 0.2) is 0 Å². The minimum atomic E-state index is -1.10. The molecule has 0 saturated carbocycles. The predicted octanol–water partition coefficient (Wildman–Crippen LogP) is 3.63. The molecule has 26 heavy (non-hydrogen) atoms. The summed E-state index contributed by atoms with van der Waals surface area (Å²) in [6, 6.07) is 8.70. The molecule has 132 valence electrons. The normalized spacial score (nSPS) is 11.6. The van der Waals surface area contributed by atoms with Crippen molar-refractivity contribution in [3.63, 3.8) is 0 Å². The van der Waals surface area contributed by atoms with Crippen molar-refractivity contribution in [3.8, 4) is 0 Å². The SMILES string of the molecule is C[C@H](Nc1nc(Nc2cnccn2)ccc1C(=O)O)c1ccc(F)cc1. The highest BCUT2D eigenvalue weighted by atomic mass is 19.1. The molecule has 2 aromatic heterocycles. The number of aromatic carboxylic acids is 1. The summed E-state index contributed by atoms with van der Waals surface area (Å²) in [6.07, 6.45) is 4.61. The first-order valence-corrected chi connectivity index (χ1v) is 7.82. The molecule has 8 heteroatoms. The van der Waals surface area contributed by atoms with Gasteiger partial charge in [0.2, 0.25) is 0 Å². The van der Waals surface area contributed by atoms with Crippen molar-refractivity contribution in [3.05, 3.63) is 71.9 Å². The van der Waals surface area contributed by atoms with E-state index < -0.39 is 5.97 Å². The Morgan fingerprint density at radius 1 is 1.12 bits per heavy atom. The Kier molecular flexibility index (Phi) is 5.02. The van der Waals surface area contributed by atoms with E-state index in [0.29, 0.717) is 11.6 Å². The summed E-state index contributed by atoms with van der Waals surface area (Å²) in [5.41, 5.74) is 0.834. The molecule has 1 atom stereocenters. The molecule has 0 spiro atoms. The highest BCUT2D eigenvalue weighted by Gasteiger charge is 2.16. The fraction of sp³-hybridized carbons (Fsp3) is 0.111. The van der Waals surface area contributed by atoms with Gasteiger partial charge in [-0.05, 0) is 36.8 Å². The highest BCUT2D eigenvalue weighted by Crippen LogP contribution is 2.24. The van der Waals surface area contributed by atoms with Crippen LogP contribution in [0.4, 0.5) is 21.8 Å². The van der Waals surface area contributed by atoms with E-state index in [1.165, 1.54) is 30.6 Å². The lowest BCUT2D eigenvalue weighted by Gasteiger charge is -2.17. The van der Waals surface area contributed by atoms with Crippen LogP contribution in [0.15, 0.2) is 55.0 Å². The standard InChI is InChI=1S/C18H16FN5O2/c1-11(12-2-4-13(19)5-3-12)22-17-14(18(25)26)6-7-15(24-17)23-16-10-20-8-9-21-16/h2-11H,1H3,(H,25,26)(H2,21,22,23,24)/t11-/m0/s1. The molecule has 0 aliphatic rings. The van der Waals surface area contributed by atoms with Crippen molar-refractivity contribution < 1.29 is 14.3 Å². The van der Waals surface area contributed by atoms with Gasteiger partial charge in [-0.15, -0.1) is 0 Å². The third kappa shape index (κ3) is 4.10. The van der Waals surface area contributed by atoms with Crippen molar-refractivity contribution in [2.24, 2.45) is 0 Å². The number of hydrogen-bond donors (Lipinski definition) is 3. The molecule has 0 aliphatic heterocycles. The Balaban J connectivity index is 1.86. The second-order valence-electron chi connectivity index (χ2n) is 5.53. The number of rotatable bonds is 6. The van der Waals surface area contributed by atoms with Crippen LogP contribution in [0.25, 0.3) is 0 Å². The summed E-state index contributed by atoms with van der Waals surface area (Å²) >= 11 is 0. The van der Waals surface area contributed by atoms with E-state index in [-0.39, 0.29) is 23.2 Å². The molecule has 3 aromatic rings. The topological polar surface area (TPSA) is 100 Å². The molecule has 0 unspecified atom stereocenters. The zero-order valence-electron chi connectivity index (χ0n) is 13.8. The number of carbonyl (C=O) groups is 1. The van der Waals surface area contributed by atoms with Crippen LogP contribution in [0.2, 0.25) is 0 Å². The molecule has 0 amide bonds. The average molecular weight is 353 g/mol. The first kappa shape index (κ1) is 17.3. The van der Waals surface area contributed by atoms with Crippen LogP contribution >= 0.6 is 0 Å². The molecular formula is C18H16FN5O2. The number of hydrogen-bond acceptors (Lipinski definition) is 6. The van der Waals surface area contributed by atoms with E-state index >= 15 is 0 Å². The van der Waals surface area contributed by atoms with Crippen LogP contribution in [0.1, 0.15) is 28.9 Å². The van der Waals surface area contributed by atoms with E-state index in [2.05, 4.69) is 25.6 Å². The predicted molar refractivity (Wildman–Crippen MR) is 94.9 cm³/mol. The molecule has 0 bridgehead atoms. The Morgan fingerprint density at radius 3 is 2.54 bits per heavy atom. The molecule has 2 heterocycles.